The number of benzene rings is 2. The number of para-hydroxylation sites is 1. The summed E-state index contributed by atoms with van der Waals surface area (Å²) < 4.78 is 15.2. The average Bonchev–Trinajstić information content (AvgIpc) is 3.19. The quantitative estimate of drug-likeness (QED) is 0.554. The zero-order valence-electron chi connectivity index (χ0n) is 14.7. The molecule has 138 valence electrons. The van der Waals surface area contributed by atoms with Crippen molar-refractivity contribution < 1.29 is 9.18 Å². The summed E-state index contributed by atoms with van der Waals surface area (Å²) in [7, 11) is 0. The highest BCUT2D eigenvalue weighted by atomic mass is 32.2. The monoisotopic (exact) mass is 383 g/mol. The summed E-state index contributed by atoms with van der Waals surface area (Å²) in [5.41, 5.74) is 2.40. The summed E-state index contributed by atoms with van der Waals surface area (Å²) in [5, 5.41) is 8.35. The van der Waals surface area contributed by atoms with Crippen LogP contribution in [-0.2, 0) is 11.2 Å². The van der Waals surface area contributed by atoms with Crippen LogP contribution in [-0.4, -0.2) is 32.6 Å². The Morgan fingerprint density at radius 3 is 2.78 bits per heavy atom. The first-order valence-corrected chi connectivity index (χ1v) is 9.53. The number of nitrogens with zero attached hydrogens (tertiary/aromatic N) is 4. The van der Waals surface area contributed by atoms with Gasteiger partial charge in [0.2, 0.25) is 11.1 Å². The highest BCUT2D eigenvalue weighted by molar-refractivity contribution is 7.99. The molecule has 1 unspecified atom stereocenters. The number of carbonyl (C=O) groups is 1. The third-order valence-electron chi connectivity index (χ3n) is 4.58. The molecule has 4 rings (SSSR count). The Morgan fingerprint density at radius 1 is 1.22 bits per heavy atom. The third-order valence-corrected chi connectivity index (χ3v) is 5.51. The van der Waals surface area contributed by atoms with Crippen LogP contribution in [0.25, 0.3) is 11.4 Å². The number of thioether (sulfide) groups is 1. The van der Waals surface area contributed by atoms with Crippen molar-refractivity contribution in [1.29, 1.82) is 0 Å². The van der Waals surface area contributed by atoms with Crippen molar-refractivity contribution in [2.24, 2.45) is 0 Å². The molecule has 0 saturated heterocycles. The van der Waals surface area contributed by atoms with Crippen LogP contribution < -0.4 is 10.7 Å². The number of halogens is 1. The molecule has 2 heterocycles. The fourth-order valence-corrected chi connectivity index (χ4v) is 4.06. The molecule has 0 fully saturated rings. The first-order valence-electron chi connectivity index (χ1n) is 8.54. The van der Waals surface area contributed by atoms with Gasteiger partial charge in [0.15, 0.2) is 5.82 Å². The van der Waals surface area contributed by atoms with Gasteiger partial charge in [-0.15, -0.1) is 10.2 Å². The summed E-state index contributed by atoms with van der Waals surface area (Å²) >= 11 is 1.19. The molecule has 0 spiro atoms. The summed E-state index contributed by atoms with van der Waals surface area (Å²) in [6, 6.07) is 14.3. The van der Waals surface area contributed by atoms with E-state index in [9.17, 15) is 9.18 Å². The Balaban J connectivity index is 1.50. The number of carbonyl (C=O) groups excluding carboxylic acids is 1. The van der Waals surface area contributed by atoms with Crippen molar-refractivity contribution in [1.82, 2.24) is 14.9 Å². The van der Waals surface area contributed by atoms with Gasteiger partial charge in [0.25, 0.3) is 0 Å². The van der Waals surface area contributed by atoms with E-state index in [1.54, 1.807) is 18.2 Å². The zero-order chi connectivity index (χ0) is 19.0. The lowest BCUT2D eigenvalue weighted by molar-refractivity contribution is -0.116. The van der Waals surface area contributed by atoms with Crippen molar-refractivity contribution >= 4 is 23.4 Å². The van der Waals surface area contributed by atoms with Crippen molar-refractivity contribution in [3.8, 4) is 11.4 Å². The summed E-state index contributed by atoms with van der Waals surface area (Å²) in [6.07, 6.45) is 0.844. The predicted molar refractivity (Wildman–Crippen MR) is 103 cm³/mol. The van der Waals surface area contributed by atoms with Crippen LogP contribution >= 0.6 is 11.8 Å². The molecule has 0 radical (unpaired) electrons. The van der Waals surface area contributed by atoms with E-state index in [0.29, 0.717) is 5.16 Å². The number of nitrogens with two attached hydrogens (primary N) is 1. The van der Waals surface area contributed by atoms with E-state index in [-0.39, 0.29) is 29.1 Å². The smallest absolute Gasteiger partial charge is 0.237 e. The van der Waals surface area contributed by atoms with Crippen molar-refractivity contribution in [2.45, 2.75) is 24.5 Å². The van der Waals surface area contributed by atoms with Crippen LogP contribution in [0.2, 0.25) is 0 Å². The molecule has 1 aliphatic rings. The minimum Gasteiger partial charge on any atom is -0.335 e. The molecule has 0 saturated carbocycles. The fraction of sp³-hybridized carbons (Fsp3) is 0.211. The van der Waals surface area contributed by atoms with E-state index in [2.05, 4.69) is 10.2 Å². The van der Waals surface area contributed by atoms with E-state index in [0.717, 1.165) is 12.1 Å². The number of fused-ring (bicyclic) bond motifs is 1. The van der Waals surface area contributed by atoms with Crippen LogP contribution in [0.3, 0.4) is 0 Å². The van der Waals surface area contributed by atoms with Gasteiger partial charge in [0.05, 0.1) is 11.3 Å². The van der Waals surface area contributed by atoms with Crippen LogP contribution in [0.5, 0.6) is 0 Å². The summed E-state index contributed by atoms with van der Waals surface area (Å²) in [4.78, 5) is 14.6. The Labute approximate surface area is 160 Å². The Hall–Kier alpha value is -2.87. The van der Waals surface area contributed by atoms with Gasteiger partial charge in [-0.25, -0.2) is 9.07 Å². The molecule has 2 N–H and O–H groups in total. The standard InChI is InChI=1S/C19H18FN5OS/c1-12-10-13-6-2-5-9-16(13)24(12)17(26)11-27-19-23-22-18(25(19)21)14-7-3-4-8-15(14)20/h2-9,12H,10-11,21H2,1H3. The summed E-state index contributed by atoms with van der Waals surface area (Å²) in [5.74, 6) is 5.98. The third kappa shape index (κ3) is 3.16. The number of anilines is 1. The highest BCUT2D eigenvalue weighted by Crippen LogP contribution is 2.33. The first kappa shape index (κ1) is 17.5. The number of nitrogen functional groups attached to an aromatic ring is 1. The molecule has 0 bridgehead atoms. The molecule has 27 heavy (non-hydrogen) atoms. The topological polar surface area (TPSA) is 77.0 Å². The average molecular weight is 383 g/mol. The van der Waals surface area contributed by atoms with E-state index in [1.165, 1.54) is 28.1 Å². The first-order chi connectivity index (χ1) is 13.1. The lowest BCUT2D eigenvalue weighted by Crippen LogP contribution is -2.37. The number of hydrogen-bond acceptors (Lipinski definition) is 5. The van der Waals surface area contributed by atoms with Gasteiger partial charge in [-0.3, -0.25) is 4.79 Å². The van der Waals surface area contributed by atoms with E-state index >= 15 is 0 Å². The SMILES string of the molecule is CC1Cc2ccccc2N1C(=O)CSc1nnc(-c2ccccc2F)n1N. The maximum Gasteiger partial charge on any atom is 0.237 e. The molecule has 1 aromatic heterocycles. The van der Waals surface area contributed by atoms with Crippen LogP contribution in [0.15, 0.2) is 53.7 Å². The van der Waals surface area contributed by atoms with Crippen LogP contribution in [0.1, 0.15) is 12.5 Å². The number of rotatable bonds is 4. The molecule has 1 aliphatic heterocycles. The lowest BCUT2D eigenvalue weighted by atomic mass is 10.1. The molecule has 6 nitrogen and oxygen atoms in total. The second kappa shape index (κ2) is 7.03. The zero-order valence-corrected chi connectivity index (χ0v) is 15.5. The van der Waals surface area contributed by atoms with Gasteiger partial charge in [0.1, 0.15) is 5.82 Å². The van der Waals surface area contributed by atoms with Gasteiger partial charge >= 0.3 is 0 Å². The van der Waals surface area contributed by atoms with Gasteiger partial charge in [-0.1, -0.05) is 42.1 Å². The Kier molecular flexibility index (Phi) is 4.57. The molecule has 3 aromatic rings. The number of aromatic nitrogens is 3. The lowest BCUT2D eigenvalue weighted by Gasteiger charge is -2.22. The molecule has 8 heteroatoms. The van der Waals surface area contributed by atoms with Crippen molar-refractivity contribution in [2.75, 3.05) is 16.5 Å². The van der Waals surface area contributed by atoms with Gasteiger partial charge in [-0.2, -0.15) is 0 Å². The van der Waals surface area contributed by atoms with Crippen molar-refractivity contribution in [3.63, 3.8) is 0 Å². The van der Waals surface area contributed by atoms with E-state index < -0.39 is 5.82 Å². The Bertz CT molecular complexity index is 1010. The fourth-order valence-electron chi connectivity index (χ4n) is 3.34. The maximum atomic E-state index is 14.0. The molecule has 2 aromatic carbocycles. The normalized spacial score (nSPS) is 15.8. The summed E-state index contributed by atoms with van der Waals surface area (Å²) in [6.45, 7) is 2.03. The van der Waals surface area contributed by atoms with Gasteiger partial charge < -0.3 is 10.7 Å². The molecule has 1 amide bonds. The van der Waals surface area contributed by atoms with Gasteiger partial charge in [-0.05, 0) is 37.1 Å². The second-order valence-corrected chi connectivity index (χ2v) is 7.33. The molecular weight excluding hydrogens is 365 g/mol. The maximum absolute atomic E-state index is 14.0. The predicted octanol–water partition coefficient (Wildman–Crippen LogP) is 2.87. The number of hydrogen-bond donors (Lipinski definition) is 1. The van der Waals surface area contributed by atoms with Crippen LogP contribution in [0, 0.1) is 5.82 Å². The molecular formula is C19H18FN5OS. The largest absolute Gasteiger partial charge is 0.335 e. The van der Waals surface area contributed by atoms with Crippen LogP contribution in [0.4, 0.5) is 10.1 Å². The minimum absolute atomic E-state index is 0.0205. The molecule has 1 atom stereocenters. The second-order valence-electron chi connectivity index (χ2n) is 6.39. The highest BCUT2D eigenvalue weighted by Gasteiger charge is 2.30. The Morgan fingerprint density at radius 2 is 1.96 bits per heavy atom. The molecule has 0 aliphatic carbocycles. The number of amides is 1. The van der Waals surface area contributed by atoms with E-state index in [1.807, 2.05) is 36.1 Å². The van der Waals surface area contributed by atoms with E-state index in [4.69, 9.17) is 5.84 Å². The van der Waals surface area contributed by atoms with Crippen molar-refractivity contribution in [3.05, 3.63) is 59.9 Å². The minimum atomic E-state index is -0.424. The van der Waals surface area contributed by atoms with Gasteiger partial charge in [0, 0.05) is 11.7 Å².